The van der Waals surface area contributed by atoms with Crippen LogP contribution >= 0.6 is 0 Å². The number of carboxylic acid groups (broad SMARTS) is 1. The molecule has 0 radical (unpaired) electrons. The van der Waals surface area contributed by atoms with Crippen molar-refractivity contribution in [3.8, 4) is 0 Å². The van der Waals surface area contributed by atoms with Crippen molar-refractivity contribution < 1.29 is 9.90 Å². The smallest absolute Gasteiger partial charge is 0.335 e. The number of pyridine rings is 1. The van der Waals surface area contributed by atoms with E-state index in [0.29, 0.717) is 5.56 Å². The van der Waals surface area contributed by atoms with Gasteiger partial charge in [0.25, 0.3) is 0 Å². The Labute approximate surface area is 88.6 Å². The highest BCUT2D eigenvalue weighted by Crippen LogP contribution is 2.19. The second-order valence-electron chi connectivity index (χ2n) is 3.85. The van der Waals surface area contributed by atoms with E-state index in [4.69, 9.17) is 5.11 Å². The van der Waals surface area contributed by atoms with Crippen molar-refractivity contribution in [2.75, 3.05) is 18.0 Å². The Kier molecular flexibility index (Phi) is 2.58. The Hall–Kier alpha value is -1.58. The Morgan fingerprint density at radius 2 is 2.07 bits per heavy atom. The van der Waals surface area contributed by atoms with Crippen LogP contribution in [0.5, 0.6) is 0 Å². The van der Waals surface area contributed by atoms with Gasteiger partial charge in [0.15, 0.2) is 0 Å². The highest BCUT2D eigenvalue weighted by atomic mass is 16.4. The first-order valence-corrected chi connectivity index (χ1v) is 5.14. The van der Waals surface area contributed by atoms with Gasteiger partial charge in [-0.2, -0.15) is 0 Å². The van der Waals surface area contributed by atoms with Crippen molar-refractivity contribution in [3.63, 3.8) is 0 Å². The van der Waals surface area contributed by atoms with Gasteiger partial charge in [-0.05, 0) is 31.9 Å². The maximum absolute atomic E-state index is 10.9. The molecule has 2 rings (SSSR count). The standard InChI is InChI=1S/C11H14N2O2/c1-8-6-9(11(14)15)7-10(12-8)13-4-2-3-5-13/h6-7H,2-5H2,1H3,(H,14,15). The minimum absolute atomic E-state index is 0.324. The molecule has 0 aliphatic carbocycles. The van der Waals surface area contributed by atoms with Gasteiger partial charge in [-0.25, -0.2) is 9.78 Å². The van der Waals surface area contributed by atoms with Gasteiger partial charge in [0.05, 0.1) is 5.56 Å². The first-order valence-electron chi connectivity index (χ1n) is 5.14. The first-order chi connectivity index (χ1) is 7.16. The van der Waals surface area contributed by atoms with Crippen molar-refractivity contribution in [2.24, 2.45) is 0 Å². The quantitative estimate of drug-likeness (QED) is 0.800. The molecule has 1 fully saturated rings. The van der Waals surface area contributed by atoms with E-state index in [2.05, 4.69) is 9.88 Å². The molecule has 1 aliphatic heterocycles. The summed E-state index contributed by atoms with van der Waals surface area (Å²) < 4.78 is 0. The predicted molar refractivity (Wildman–Crippen MR) is 57.4 cm³/mol. The van der Waals surface area contributed by atoms with Gasteiger partial charge in [0.1, 0.15) is 5.82 Å². The molecule has 2 heterocycles. The van der Waals surface area contributed by atoms with E-state index in [1.54, 1.807) is 12.1 Å². The second-order valence-corrected chi connectivity index (χ2v) is 3.85. The molecule has 1 aromatic heterocycles. The van der Waals surface area contributed by atoms with Crippen LogP contribution in [0.15, 0.2) is 12.1 Å². The molecule has 4 heteroatoms. The number of aryl methyl sites for hydroxylation is 1. The molecule has 1 N–H and O–H groups in total. The summed E-state index contributed by atoms with van der Waals surface area (Å²) in [5.41, 5.74) is 1.08. The van der Waals surface area contributed by atoms with Crippen molar-refractivity contribution in [2.45, 2.75) is 19.8 Å². The summed E-state index contributed by atoms with van der Waals surface area (Å²) >= 11 is 0. The molecule has 0 atom stereocenters. The Bertz CT molecular complexity index is 384. The molecular formula is C11H14N2O2. The first kappa shape index (κ1) is 9.96. The van der Waals surface area contributed by atoms with Gasteiger partial charge in [-0.15, -0.1) is 0 Å². The van der Waals surface area contributed by atoms with Gasteiger partial charge in [-0.1, -0.05) is 0 Å². The third kappa shape index (κ3) is 2.09. The van der Waals surface area contributed by atoms with Gasteiger partial charge < -0.3 is 10.0 Å². The van der Waals surface area contributed by atoms with Gasteiger partial charge >= 0.3 is 5.97 Å². The summed E-state index contributed by atoms with van der Waals surface area (Å²) in [7, 11) is 0. The Morgan fingerprint density at radius 3 is 2.67 bits per heavy atom. The lowest BCUT2D eigenvalue weighted by atomic mass is 10.2. The number of hydrogen-bond donors (Lipinski definition) is 1. The lowest BCUT2D eigenvalue weighted by Crippen LogP contribution is -2.19. The van der Waals surface area contributed by atoms with Gasteiger partial charge in [0, 0.05) is 18.8 Å². The number of carboxylic acids is 1. The summed E-state index contributed by atoms with van der Waals surface area (Å²) in [5.74, 6) is -0.0918. The number of hydrogen-bond acceptors (Lipinski definition) is 3. The average molecular weight is 206 g/mol. The van der Waals surface area contributed by atoms with Crippen LogP contribution in [0, 0.1) is 6.92 Å². The fraction of sp³-hybridized carbons (Fsp3) is 0.455. The summed E-state index contributed by atoms with van der Waals surface area (Å²) in [6, 6.07) is 3.25. The molecule has 0 spiro atoms. The summed E-state index contributed by atoms with van der Waals surface area (Å²) in [5, 5.41) is 8.93. The van der Waals surface area contributed by atoms with Crippen molar-refractivity contribution in [3.05, 3.63) is 23.4 Å². The topological polar surface area (TPSA) is 53.4 Å². The molecule has 1 aliphatic rings. The van der Waals surface area contributed by atoms with Crippen LogP contribution in [0.3, 0.4) is 0 Å². The second kappa shape index (κ2) is 3.88. The fourth-order valence-corrected chi connectivity index (χ4v) is 1.88. The lowest BCUT2D eigenvalue weighted by molar-refractivity contribution is 0.0696. The maximum Gasteiger partial charge on any atom is 0.335 e. The SMILES string of the molecule is Cc1cc(C(=O)O)cc(N2CCCC2)n1. The number of anilines is 1. The third-order valence-electron chi connectivity index (χ3n) is 2.62. The molecule has 1 aromatic rings. The Balaban J connectivity index is 2.34. The zero-order valence-electron chi connectivity index (χ0n) is 8.73. The summed E-state index contributed by atoms with van der Waals surface area (Å²) in [6.07, 6.45) is 2.33. The minimum atomic E-state index is -0.888. The summed E-state index contributed by atoms with van der Waals surface area (Å²) in [4.78, 5) is 17.4. The molecule has 1 saturated heterocycles. The van der Waals surface area contributed by atoms with E-state index >= 15 is 0 Å². The van der Waals surface area contributed by atoms with E-state index < -0.39 is 5.97 Å². The van der Waals surface area contributed by atoms with Crippen molar-refractivity contribution in [1.29, 1.82) is 0 Å². The number of carbonyl (C=O) groups is 1. The number of nitrogens with zero attached hydrogens (tertiary/aromatic N) is 2. The maximum atomic E-state index is 10.9. The molecule has 0 bridgehead atoms. The van der Waals surface area contributed by atoms with Crippen LogP contribution in [-0.4, -0.2) is 29.1 Å². The number of aromatic carboxylic acids is 1. The molecule has 80 valence electrons. The van der Waals surface area contributed by atoms with Gasteiger partial charge in [0.2, 0.25) is 0 Å². The van der Waals surface area contributed by atoms with Gasteiger partial charge in [-0.3, -0.25) is 0 Å². The molecule has 0 amide bonds. The van der Waals surface area contributed by atoms with Crippen LogP contribution in [0.2, 0.25) is 0 Å². The molecule has 0 saturated carbocycles. The van der Waals surface area contributed by atoms with Crippen LogP contribution in [0.1, 0.15) is 28.9 Å². The zero-order chi connectivity index (χ0) is 10.8. The normalized spacial score (nSPS) is 15.7. The van der Waals surface area contributed by atoms with Crippen LogP contribution < -0.4 is 4.90 Å². The largest absolute Gasteiger partial charge is 0.478 e. The van der Waals surface area contributed by atoms with E-state index in [1.807, 2.05) is 6.92 Å². The highest BCUT2D eigenvalue weighted by Gasteiger charge is 2.15. The third-order valence-corrected chi connectivity index (χ3v) is 2.62. The van der Waals surface area contributed by atoms with Crippen molar-refractivity contribution >= 4 is 11.8 Å². The monoisotopic (exact) mass is 206 g/mol. The summed E-state index contributed by atoms with van der Waals surface area (Å²) in [6.45, 7) is 3.79. The Morgan fingerprint density at radius 1 is 1.40 bits per heavy atom. The predicted octanol–water partition coefficient (Wildman–Crippen LogP) is 1.69. The average Bonchev–Trinajstić information content (AvgIpc) is 2.69. The van der Waals surface area contributed by atoms with Crippen LogP contribution in [0.25, 0.3) is 0 Å². The van der Waals surface area contributed by atoms with Crippen molar-refractivity contribution in [1.82, 2.24) is 4.98 Å². The number of aromatic nitrogens is 1. The van der Waals surface area contributed by atoms with E-state index in [1.165, 1.54) is 0 Å². The molecule has 0 aromatic carbocycles. The minimum Gasteiger partial charge on any atom is -0.478 e. The highest BCUT2D eigenvalue weighted by molar-refractivity contribution is 5.88. The van der Waals surface area contributed by atoms with Crippen LogP contribution in [0.4, 0.5) is 5.82 Å². The molecule has 15 heavy (non-hydrogen) atoms. The molecular weight excluding hydrogens is 192 g/mol. The fourth-order valence-electron chi connectivity index (χ4n) is 1.88. The lowest BCUT2D eigenvalue weighted by Gasteiger charge is -2.17. The molecule has 4 nitrogen and oxygen atoms in total. The molecule has 0 unspecified atom stereocenters. The van der Waals surface area contributed by atoms with E-state index in [-0.39, 0.29) is 0 Å². The van der Waals surface area contributed by atoms with Crippen LogP contribution in [-0.2, 0) is 0 Å². The van der Waals surface area contributed by atoms with E-state index in [9.17, 15) is 4.79 Å². The van der Waals surface area contributed by atoms with E-state index in [0.717, 1.165) is 37.4 Å². The number of rotatable bonds is 2. The zero-order valence-corrected chi connectivity index (χ0v) is 8.73.